The Morgan fingerprint density at radius 2 is 2.05 bits per heavy atom. The topological polar surface area (TPSA) is 64.3 Å². The molecule has 118 valence electrons. The summed E-state index contributed by atoms with van der Waals surface area (Å²) in [6.07, 6.45) is 4.72. The average Bonchev–Trinajstić information content (AvgIpc) is 2.85. The molecule has 1 saturated carbocycles. The van der Waals surface area contributed by atoms with Gasteiger partial charge in [0.1, 0.15) is 5.75 Å². The molecule has 0 spiro atoms. The van der Waals surface area contributed by atoms with Crippen LogP contribution in [-0.4, -0.2) is 25.6 Å². The summed E-state index contributed by atoms with van der Waals surface area (Å²) in [6, 6.07) is 8.14. The van der Waals surface area contributed by atoms with Crippen molar-refractivity contribution in [2.24, 2.45) is 11.7 Å². The van der Waals surface area contributed by atoms with E-state index in [-0.39, 0.29) is 24.4 Å². The van der Waals surface area contributed by atoms with Crippen LogP contribution >= 0.6 is 12.4 Å². The second-order valence-corrected chi connectivity index (χ2v) is 5.51. The molecule has 5 heteroatoms. The summed E-state index contributed by atoms with van der Waals surface area (Å²) in [4.78, 5) is 11.8. The van der Waals surface area contributed by atoms with E-state index in [1.165, 1.54) is 5.56 Å². The van der Waals surface area contributed by atoms with E-state index in [0.29, 0.717) is 18.9 Å². The molecule has 21 heavy (non-hydrogen) atoms. The van der Waals surface area contributed by atoms with Crippen LogP contribution in [0.2, 0.25) is 0 Å². The number of halogens is 1. The number of hydrogen-bond donors (Lipinski definition) is 2. The van der Waals surface area contributed by atoms with Crippen molar-refractivity contribution in [1.29, 1.82) is 0 Å². The number of carbonyl (C=O) groups excluding carboxylic acids is 1. The molecule has 1 aromatic carbocycles. The van der Waals surface area contributed by atoms with Crippen molar-refractivity contribution in [2.75, 3.05) is 13.7 Å². The van der Waals surface area contributed by atoms with E-state index in [2.05, 4.69) is 5.32 Å². The fourth-order valence-corrected chi connectivity index (χ4v) is 2.77. The zero-order valence-corrected chi connectivity index (χ0v) is 13.3. The highest BCUT2D eigenvalue weighted by Gasteiger charge is 2.25. The number of rotatable bonds is 6. The third-order valence-corrected chi connectivity index (χ3v) is 4.06. The van der Waals surface area contributed by atoms with E-state index in [1.54, 1.807) is 7.11 Å². The number of hydrogen-bond acceptors (Lipinski definition) is 3. The molecule has 2 atom stereocenters. The quantitative estimate of drug-likeness (QED) is 0.847. The monoisotopic (exact) mass is 312 g/mol. The van der Waals surface area contributed by atoms with Crippen molar-refractivity contribution in [3.63, 3.8) is 0 Å². The molecule has 0 aliphatic heterocycles. The maximum atomic E-state index is 11.8. The molecule has 1 aliphatic rings. The molecule has 0 bridgehead atoms. The highest BCUT2D eigenvalue weighted by molar-refractivity contribution is 5.85. The van der Waals surface area contributed by atoms with Crippen molar-refractivity contribution >= 4 is 18.3 Å². The van der Waals surface area contributed by atoms with Gasteiger partial charge < -0.3 is 15.8 Å². The molecule has 1 amide bonds. The van der Waals surface area contributed by atoms with Crippen molar-refractivity contribution in [2.45, 2.75) is 38.1 Å². The standard InChI is InChI=1S/C16H24N2O2.ClH/c1-20-14-7-5-12(6-8-14)9-10-18-16(19)11-13-3-2-4-15(13)17;/h5-8,13,15H,2-4,9-11,17H2,1H3,(H,18,19);1H/t13-,15+;/m0./s1. The maximum Gasteiger partial charge on any atom is 0.220 e. The fraction of sp³-hybridized carbons (Fsp3) is 0.562. The number of ether oxygens (including phenoxy) is 1. The largest absolute Gasteiger partial charge is 0.497 e. The lowest BCUT2D eigenvalue weighted by atomic mass is 10.00. The average molecular weight is 313 g/mol. The first-order chi connectivity index (χ1) is 9.69. The molecule has 0 radical (unpaired) electrons. The summed E-state index contributed by atoms with van der Waals surface area (Å²) in [5.74, 6) is 1.35. The zero-order chi connectivity index (χ0) is 14.4. The van der Waals surface area contributed by atoms with Crippen molar-refractivity contribution in [3.8, 4) is 5.75 Å². The van der Waals surface area contributed by atoms with E-state index in [4.69, 9.17) is 10.5 Å². The molecule has 1 aliphatic carbocycles. The maximum absolute atomic E-state index is 11.8. The summed E-state index contributed by atoms with van der Waals surface area (Å²) in [5.41, 5.74) is 7.18. The Labute approximate surface area is 132 Å². The first-order valence-electron chi connectivity index (χ1n) is 7.34. The Morgan fingerprint density at radius 1 is 1.33 bits per heavy atom. The third-order valence-electron chi connectivity index (χ3n) is 4.06. The van der Waals surface area contributed by atoms with Crippen LogP contribution in [0, 0.1) is 5.92 Å². The summed E-state index contributed by atoms with van der Waals surface area (Å²) in [7, 11) is 1.66. The summed E-state index contributed by atoms with van der Waals surface area (Å²) in [5, 5.41) is 2.98. The summed E-state index contributed by atoms with van der Waals surface area (Å²) in [6.45, 7) is 0.674. The molecular weight excluding hydrogens is 288 g/mol. The summed E-state index contributed by atoms with van der Waals surface area (Å²) >= 11 is 0. The van der Waals surface area contributed by atoms with E-state index in [0.717, 1.165) is 31.4 Å². The van der Waals surface area contributed by atoms with Crippen LogP contribution < -0.4 is 15.8 Å². The van der Waals surface area contributed by atoms with E-state index in [1.807, 2.05) is 24.3 Å². The van der Waals surface area contributed by atoms with Gasteiger partial charge in [0.15, 0.2) is 0 Å². The van der Waals surface area contributed by atoms with Gasteiger partial charge in [-0.15, -0.1) is 12.4 Å². The van der Waals surface area contributed by atoms with Gasteiger partial charge in [-0.2, -0.15) is 0 Å². The minimum atomic E-state index is 0. The van der Waals surface area contributed by atoms with Gasteiger partial charge in [0.05, 0.1) is 7.11 Å². The molecule has 0 heterocycles. The number of benzene rings is 1. The Balaban J connectivity index is 0.00000220. The van der Waals surface area contributed by atoms with Gasteiger partial charge in [0.25, 0.3) is 0 Å². The van der Waals surface area contributed by atoms with Crippen LogP contribution in [-0.2, 0) is 11.2 Å². The minimum Gasteiger partial charge on any atom is -0.497 e. The number of amides is 1. The molecule has 0 aromatic heterocycles. The van der Waals surface area contributed by atoms with Crippen molar-refractivity contribution < 1.29 is 9.53 Å². The normalized spacial score (nSPS) is 20.7. The lowest BCUT2D eigenvalue weighted by Crippen LogP contribution is -2.32. The Bertz CT molecular complexity index is 436. The first kappa shape index (κ1) is 17.8. The summed E-state index contributed by atoms with van der Waals surface area (Å²) < 4.78 is 5.11. The highest BCUT2D eigenvalue weighted by atomic mass is 35.5. The van der Waals surface area contributed by atoms with Gasteiger partial charge >= 0.3 is 0 Å². The molecule has 1 fully saturated rings. The van der Waals surface area contributed by atoms with E-state index < -0.39 is 0 Å². The second kappa shape index (κ2) is 8.90. The van der Waals surface area contributed by atoms with Crippen LogP contribution in [0.15, 0.2) is 24.3 Å². The number of carbonyl (C=O) groups is 1. The molecule has 3 N–H and O–H groups in total. The van der Waals surface area contributed by atoms with Crippen LogP contribution in [0.3, 0.4) is 0 Å². The van der Waals surface area contributed by atoms with Gasteiger partial charge in [-0.05, 0) is 42.9 Å². The van der Waals surface area contributed by atoms with Gasteiger partial charge in [-0.3, -0.25) is 4.79 Å². The van der Waals surface area contributed by atoms with Crippen LogP contribution in [0.4, 0.5) is 0 Å². The van der Waals surface area contributed by atoms with E-state index >= 15 is 0 Å². The van der Waals surface area contributed by atoms with Crippen LogP contribution in [0.5, 0.6) is 5.75 Å². The number of nitrogens with two attached hydrogens (primary N) is 1. The SMILES string of the molecule is COc1ccc(CCNC(=O)C[C@@H]2CCC[C@H]2N)cc1.Cl. The van der Waals surface area contributed by atoms with Gasteiger partial charge in [-0.1, -0.05) is 18.6 Å². The molecule has 4 nitrogen and oxygen atoms in total. The molecule has 2 rings (SSSR count). The number of nitrogens with one attached hydrogen (secondary N) is 1. The predicted octanol–water partition coefficient (Wildman–Crippen LogP) is 2.29. The Hall–Kier alpha value is -1.26. The molecule has 0 unspecified atom stereocenters. The van der Waals surface area contributed by atoms with E-state index in [9.17, 15) is 4.79 Å². The van der Waals surface area contributed by atoms with Crippen LogP contribution in [0.25, 0.3) is 0 Å². The van der Waals surface area contributed by atoms with Crippen molar-refractivity contribution in [3.05, 3.63) is 29.8 Å². The third kappa shape index (κ3) is 5.56. The Kier molecular flexibility index (Phi) is 7.54. The van der Waals surface area contributed by atoms with Gasteiger partial charge in [0, 0.05) is 19.0 Å². The lowest BCUT2D eigenvalue weighted by Gasteiger charge is -2.14. The zero-order valence-electron chi connectivity index (χ0n) is 12.5. The minimum absolute atomic E-state index is 0. The van der Waals surface area contributed by atoms with Gasteiger partial charge in [-0.25, -0.2) is 0 Å². The highest BCUT2D eigenvalue weighted by Crippen LogP contribution is 2.26. The molecule has 0 saturated heterocycles. The van der Waals surface area contributed by atoms with Gasteiger partial charge in [0.2, 0.25) is 5.91 Å². The predicted molar refractivity (Wildman–Crippen MR) is 86.9 cm³/mol. The Morgan fingerprint density at radius 3 is 2.62 bits per heavy atom. The van der Waals surface area contributed by atoms with Crippen LogP contribution in [0.1, 0.15) is 31.2 Å². The first-order valence-corrected chi connectivity index (χ1v) is 7.34. The lowest BCUT2D eigenvalue weighted by molar-refractivity contribution is -0.122. The van der Waals surface area contributed by atoms with Crippen molar-refractivity contribution in [1.82, 2.24) is 5.32 Å². The number of methoxy groups -OCH3 is 1. The second-order valence-electron chi connectivity index (χ2n) is 5.51. The molecular formula is C16H25ClN2O2. The fourth-order valence-electron chi connectivity index (χ4n) is 2.77. The molecule has 1 aromatic rings. The smallest absolute Gasteiger partial charge is 0.220 e.